The maximum atomic E-state index is 11.8. The van der Waals surface area contributed by atoms with Crippen molar-refractivity contribution >= 4 is 39.1 Å². The molecule has 2 heterocycles. The number of carbonyl (C=O) groups is 2. The summed E-state index contributed by atoms with van der Waals surface area (Å²) in [6, 6.07) is 3.45. The fourth-order valence-corrected chi connectivity index (χ4v) is 2.97. The Morgan fingerprint density at radius 2 is 2.13 bits per heavy atom. The van der Waals surface area contributed by atoms with Crippen LogP contribution in [0, 0.1) is 0 Å². The van der Waals surface area contributed by atoms with E-state index in [0.29, 0.717) is 29.4 Å². The molecule has 0 aliphatic heterocycles. The summed E-state index contributed by atoms with van der Waals surface area (Å²) in [4.78, 5) is 28.2. The summed E-state index contributed by atoms with van der Waals surface area (Å²) in [5.74, 6) is 0.793. The molecule has 23 heavy (non-hydrogen) atoms. The van der Waals surface area contributed by atoms with Crippen LogP contribution in [0.5, 0.6) is 0 Å². The molecule has 0 saturated carbocycles. The zero-order valence-corrected chi connectivity index (χ0v) is 15.2. The van der Waals surface area contributed by atoms with Gasteiger partial charge in [-0.15, -0.1) is 11.3 Å². The molecule has 2 aromatic heterocycles. The number of carbonyl (C=O) groups excluding carboxylic acids is 2. The minimum absolute atomic E-state index is 0.211. The molecule has 2 N–H and O–H groups in total. The molecule has 0 fully saturated rings. The number of nitrogens with one attached hydrogen (secondary N) is 2. The Balaban J connectivity index is 1.67. The van der Waals surface area contributed by atoms with E-state index >= 15 is 0 Å². The van der Waals surface area contributed by atoms with Crippen molar-refractivity contribution in [2.75, 3.05) is 0 Å². The van der Waals surface area contributed by atoms with Gasteiger partial charge in [0.25, 0.3) is 5.91 Å². The number of halogens is 1. The predicted molar refractivity (Wildman–Crippen MR) is 89.0 cm³/mol. The Hall–Kier alpha value is -1.74. The van der Waals surface area contributed by atoms with E-state index in [-0.39, 0.29) is 24.2 Å². The number of thiophene rings is 1. The van der Waals surface area contributed by atoms with E-state index in [1.54, 1.807) is 12.1 Å². The summed E-state index contributed by atoms with van der Waals surface area (Å²) in [5.41, 5.74) is 4.77. The van der Waals surface area contributed by atoms with Gasteiger partial charge >= 0.3 is 0 Å². The number of aryl methyl sites for hydroxylation is 1. The Kier molecular flexibility index (Phi) is 6.28. The largest absolute Gasteiger partial charge is 0.339 e. The lowest BCUT2D eigenvalue weighted by Gasteiger charge is -2.05. The maximum absolute atomic E-state index is 11.8. The van der Waals surface area contributed by atoms with Crippen LogP contribution in [0.4, 0.5) is 0 Å². The van der Waals surface area contributed by atoms with Crippen molar-refractivity contribution in [3.63, 3.8) is 0 Å². The summed E-state index contributed by atoms with van der Waals surface area (Å²) in [6.07, 6.45) is 1.35. The third-order valence-corrected chi connectivity index (χ3v) is 4.53. The predicted octanol–water partition coefficient (Wildman–Crippen LogP) is 2.80. The van der Waals surface area contributed by atoms with Crippen molar-refractivity contribution in [3.8, 4) is 0 Å². The third-order valence-electron chi connectivity index (χ3n) is 2.91. The summed E-state index contributed by atoms with van der Waals surface area (Å²) in [6.45, 7) is 3.97. The average Bonchev–Trinajstić information content (AvgIpc) is 3.14. The first-order valence-corrected chi connectivity index (χ1v) is 8.73. The molecular formula is C14H17BrN4O3S. The van der Waals surface area contributed by atoms with E-state index < -0.39 is 0 Å². The SMILES string of the molecule is CC(C)c1noc(CCCC(=O)NNC(=O)c2ccc(Br)s2)n1. The van der Waals surface area contributed by atoms with E-state index in [4.69, 9.17) is 4.52 Å². The normalized spacial score (nSPS) is 10.8. The molecule has 7 nitrogen and oxygen atoms in total. The third kappa shape index (κ3) is 5.43. The molecule has 2 aromatic rings. The molecule has 2 rings (SSSR count). The van der Waals surface area contributed by atoms with Gasteiger partial charge in [0.15, 0.2) is 5.82 Å². The quantitative estimate of drug-likeness (QED) is 0.726. The van der Waals surface area contributed by atoms with Gasteiger partial charge in [0.05, 0.1) is 8.66 Å². The van der Waals surface area contributed by atoms with Crippen LogP contribution in [-0.2, 0) is 11.2 Å². The first-order chi connectivity index (χ1) is 11.0. The van der Waals surface area contributed by atoms with Gasteiger partial charge in [0, 0.05) is 18.8 Å². The van der Waals surface area contributed by atoms with Crippen LogP contribution in [-0.4, -0.2) is 22.0 Å². The molecule has 0 bridgehead atoms. The number of aromatic nitrogens is 2. The monoisotopic (exact) mass is 400 g/mol. The van der Waals surface area contributed by atoms with Gasteiger partial charge in [-0.1, -0.05) is 19.0 Å². The maximum Gasteiger partial charge on any atom is 0.279 e. The summed E-state index contributed by atoms with van der Waals surface area (Å²) in [5, 5.41) is 3.86. The Labute approximate surface area is 145 Å². The summed E-state index contributed by atoms with van der Waals surface area (Å²) in [7, 11) is 0. The molecule has 0 aliphatic rings. The minimum Gasteiger partial charge on any atom is -0.339 e. The number of amides is 2. The van der Waals surface area contributed by atoms with Gasteiger partial charge in [0.2, 0.25) is 11.8 Å². The molecule has 0 saturated heterocycles. The van der Waals surface area contributed by atoms with E-state index in [1.807, 2.05) is 13.8 Å². The topological polar surface area (TPSA) is 97.1 Å². The van der Waals surface area contributed by atoms with Crippen LogP contribution in [0.25, 0.3) is 0 Å². The fourth-order valence-electron chi connectivity index (χ4n) is 1.69. The highest BCUT2D eigenvalue weighted by molar-refractivity contribution is 9.11. The van der Waals surface area contributed by atoms with Crippen molar-refractivity contribution < 1.29 is 14.1 Å². The van der Waals surface area contributed by atoms with Crippen molar-refractivity contribution in [1.82, 2.24) is 21.0 Å². The average molecular weight is 401 g/mol. The van der Waals surface area contributed by atoms with E-state index in [1.165, 1.54) is 11.3 Å². The smallest absolute Gasteiger partial charge is 0.279 e. The zero-order chi connectivity index (χ0) is 16.8. The van der Waals surface area contributed by atoms with Crippen molar-refractivity contribution in [3.05, 3.63) is 32.5 Å². The van der Waals surface area contributed by atoms with Crippen LogP contribution < -0.4 is 10.9 Å². The van der Waals surface area contributed by atoms with E-state index in [9.17, 15) is 9.59 Å². The highest BCUT2D eigenvalue weighted by atomic mass is 79.9. The number of hydrazine groups is 1. The lowest BCUT2D eigenvalue weighted by molar-refractivity contribution is -0.121. The van der Waals surface area contributed by atoms with Crippen LogP contribution in [0.2, 0.25) is 0 Å². The van der Waals surface area contributed by atoms with Crippen LogP contribution in [0.15, 0.2) is 20.4 Å². The second-order valence-corrected chi connectivity index (χ2v) is 7.62. The van der Waals surface area contributed by atoms with Crippen LogP contribution >= 0.6 is 27.3 Å². The molecule has 2 amide bonds. The lowest BCUT2D eigenvalue weighted by Crippen LogP contribution is -2.41. The fraction of sp³-hybridized carbons (Fsp3) is 0.429. The molecule has 9 heteroatoms. The van der Waals surface area contributed by atoms with Crippen molar-refractivity contribution in [2.24, 2.45) is 0 Å². The molecule has 124 valence electrons. The second kappa shape index (κ2) is 8.21. The number of hydrogen-bond donors (Lipinski definition) is 2. The molecule has 0 spiro atoms. The highest BCUT2D eigenvalue weighted by Crippen LogP contribution is 2.21. The van der Waals surface area contributed by atoms with Gasteiger partial charge < -0.3 is 4.52 Å². The Morgan fingerprint density at radius 3 is 2.74 bits per heavy atom. The Bertz CT molecular complexity index is 683. The molecule has 0 atom stereocenters. The van der Waals surface area contributed by atoms with Gasteiger partial charge in [-0.25, -0.2) is 0 Å². The first-order valence-electron chi connectivity index (χ1n) is 7.12. The number of nitrogens with zero attached hydrogens (tertiary/aromatic N) is 2. The summed E-state index contributed by atoms with van der Waals surface area (Å²) >= 11 is 4.57. The molecule has 0 aliphatic carbocycles. The van der Waals surface area contributed by atoms with E-state index in [0.717, 1.165) is 3.79 Å². The lowest BCUT2D eigenvalue weighted by atomic mass is 10.2. The van der Waals surface area contributed by atoms with Crippen molar-refractivity contribution in [2.45, 2.75) is 39.0 Å². The van der Waals surface area contributed by atoms with Gasteiger partial charge in [-0.05, 0) is 34.5 Å². The zero-order valence-electron chi connectivity index (χ0n) is 12.8. The van der Waals surface area contributed by atoms with E-state index in [2.05, 4.69) is 36.9 Å². The highest BCUT2D eigenvalue weighted by Gasteiger charge is 2.12. The molecule has 0 radical (unpaired) electrons. The van der Waals surface area contributed by atoms with Gasteiger partial charge in [-0.2, -0.15) is 4.98 Å². The molecular weight excluding hydrogens is 384 g/mol. The van der Waals surface area contributed by atoms with Crippen LogP contribution in [0.1, 0.15) is 54.0 Å². The standard InChI is InChI=1S/C14H17BrN4O3S/c1-8(2)13-16-12(22-19-13)5-3-4-11(20)17-18-14(21)9-6-7-10(15)23-9/h6-8H,3-5H2,1-2H3,(H,17,20)(H,18,21). The first kappa shape index (κ1) is 17.6. The Morgan fingerprint density at radius 1 is 1.35 bits per heavy atom. The van der Waals surface area contributed by atoms with Crippen LogP contribution in [0.3, 0.4) is 0 Å². The van der Waals surface area contributed by atoms with Gasteiger partial charge in [0.1, 0.15) is 0 Å². The molecule has 0 aromatic carbocycles. The minimum atomic E-state index is -0.340. The molecule has 0 unspecified atom stereocenters. The number of hydrogen-bond acceptors (Lipinski definition) is 6. The summed E-state index contributed by atoms with van der Waals surface area (Å²) < 4.78 is 5.96. The van der Waals surface area contributed by atoms with Crippen molar-refractivity contribution in [1.29, 1.82) is 0 Å². The van der Waals surface area contributed by atoms with Gasteiger partial charge in [-0.3, -0.25) is 20.4 Å². The number of rotatable bonds is 6. The second-order valence-electron chi connectivity index (χ2n) is 5.16.